The number of fused-ring (bicyclic) bond motifs is 1. The number of para-hydroxylation sites is 1. The van der Waals surface area contributed by atoms with Crippen molar-refractivity contribution >= 4 is 24.0 Å². The predicted molar refractivity (Wildman–Crippen MR) is 164 cm³/mol. The molecule has 2 heterocycles. The Labute approximate surface area is 254 Å². The number of amides is 3. The number of hydrogen-bond donors (Lipinski definition) is 2. The summed E-state index contributed by atoms with van der Waals surface area (Å²) in [6.07, 6.45) is 2.84. The van der Waals surface area contributed by atoms with E-state index in [1.165, 1.54) is 0 Å². The number of likely N-dealkylation sites (tertiary alicyclic amines) is 1. The third kappa shape index (κ3) is 7.75. The van der Waals surface area contributed by atoms with Crippen LogP contribution in [0.2, 0.25) is 0 Å². The van der Waals surface area contributed by atoms with Gasteiger partial charge in [0.2, 0.25) is 11.8 Å². The number of alkyl carbamates (subject to hydrolysis) is 1. The highest BCUT2D eigenvalue weighted by atomic mass is 16.6. The normalized spacial score (nSPS) is 17.1. The first-order chi connectivity index (χ1) is 20.3. The topological polar surface area (TPSA) is 121 Å². The minimum atomic E-state index is -1.28. The molecule has 1 unspecified atom stereocenters. The van der Waals surface area contributed by atoms with Gasteiger partial charge in [0, 0.05) is 31.6 Å². The lowest BCUT2D eigenvalue weighted by atomic mass is 9.74. The lowest BCUT2D eigenvalue weighted by molar-refractivity contribution is -0.136. The van der Waals surface area contributed by atoms with Gasteiger partial charge in [-0.25, -0.2) is 4.79 Å². The summed E-state index contributed by atoms with van der Waals surface area (Å²) < 4.78 is 11.3. The standard InChI is InChI=1S/C34H42N4O5/c1-32(2,3)43-31(41)37-33(4,5)30(40)36-22-27(24-15-20-42-28-14-10-9-11-25(28)21-24)29(39)38-18-16-34(23-35,17-19-38)26-12-7-6-8-13-26/h6-14,21,27H,15-20,22H2,1-5H3,(H,36,40)(H,37,41). The van der Waals surface area contributed by atoms with Gasteiger partial charge in [0.25, 0.3) is 0 Å². The number of benzene rings is 2. The molecular weight excluding hydrogens is 544 g/mol. The zero-order chi connectivity index (χ0) is 31.3. The van der Waals surface area contributed by atoms with Gasteiger partial charge in [-0.3, -0.25) is 9.59 Å². The van der Waals surface area contributed by atoms with E-state index in [4.69, 9.17) is 9.47 Å². The fourth-order valence-corrected chi connectivity index (χ4v) is 5.52. The molecule has 0 aromatic heterocycles. The smallest absolute Gasteiger partial charge is 0.408 e. The molecule has 9 nitrogen and oxygen atoms in total. The maximum atomic E-state index is 14.2. The van der Waals surface area contributed by atoms with Crippen molar-refractivity contribution in [3.63, 3.8) is 0 Å². The van der Waals surface area contributed by atoms with Crippen LogP contribution in [-0.4, -0.2) is 60.2 Å². The summed E-state index contributed by atoms with van der Waals surface area (Å²) in [7, 11) is 0. The summed E-state index contributed by atoms with van der Waals surface area (Å²) in [6.45, 7) is 9.73. The van der Waals surface area contributed by atoms with Crippen molar-refractivity contribution in [1.82, 2.24) is 15.5 Å². The maximum absolute atomic E-state index is 14.2. The minimum Gasteiger partial charge on any atom is -0.493 e. The number of carbonyl (C=O) groups excluding carboxylic acids is 3. The minimum absolute atomic E-state index is 0.0453. The summed E-state index contributed by atoms with van der Waals surface area (Å²) in [4.78, 5) is 41.7. The Kier molecular flexibility index (Phi) is 9.49. The molecule has 2 aliphatic heterocycles. The molecule has 0 radical (unpaired) electrons. The maximum Gasteiger partial charge on any atom is 0.408 e. The highest BCUT2D eigenvalue weighted by Crippen LogP contribution is 2.36. The number of nitrogens with zero attached hydrogens (tertiary/aromatic N) is 2. The number of rotatable bonds is 7. The van der Waals surface area contributed by atoms with Gasteiger partial charge in [-0.05, 0) is 59.1 Å². The molecule has 2 aliphatic rings. The van der Waals surface area contributed by atoms with E-state index in [1.807, 2.05) is 60.7 Å². The summed E-state index contributed by atoms with van der Waals surface area (Å²) in [6, 6.07) is 19.9. The second kappa shape index (κ2) is 12.9. The van der Waals surface area contributed by atoms with Crippen molar-refractivity contribution in [2.24, 2.45) is 5.92 Å². The van der Waals surface area contributed by atoms with Crippen molar-refractivity contribution in [1.29, 1.82) is 5.26 Å². The van der Waals surface area contributed by atoms with Crippen LogP contribution in [0.5, 0.6) is 5.75 Å². The SMILES string of the molecule is CC(C)(C)OC(=O)NC(C)(C)C(=O)NCC(C(=O)N1CCC(C#N)(c2ccccc2)CC1)C1=Cc2ccccc2OCC1. The number of piperidine rings is 1. The Morgan fingerprint density at radius 3 is 2.33 bits per heavy atom. The van der Waals surface area contributed by atoms with Crippen LogP contribution < -0.4 is 15.4 Å². The Hall–Kier alpha value is -4.32. The Balaban J connectivity index is 1.54. The number of carbonyl (C=O) groups is 3. The Morgan fingerprint density at radius 2 is 1.67 bits per heavy atom. The highest BCUT2D eigenvalue weighted by Gasteiger charge is 2.40. The summed E-state index contributed by atoms with van der Waals surface area (Å²) >= 11 is 0. The number of hydrogen-bond acceptors (Lipinski definition) is 6. The van der Waals surface area contributed by atoms with Gasteiger partial charge in [-0.2, -0.15) is 5.26 Å². The molecule has 228 valence electrons. The first-order valence-electron chi connectivity index (χ1n) is 14.8. The van der Waals surface area contributed by atoms with Crippen molar-refractivity contribution in [2.45, 2.75) is 70.4 Å². The molecule has 2 N–H and O–H groups in total. The quantitative estimate of drug-likeness (QED) is 0.473. The molecule has 0 spiro atoms. The third-order valence-electron chi connectivity index (χ3n) is 7.97. The van der Waals surface area contributed by atoms with E-state index >= 15 is 0 Å². The van der Waals surface area contributed by atoms with Crippen molar-refractivity contribution in [3.05, 3.63) is 71.3 Å². The van der Waals surface area contributed by atoms with Crippen LogP contribution in [0, 0.1) is 17.2 Å². The molecule has 2 aromatic carbocycles. The molecule has 1 atom stereocenters. The third-order valence-corrected chi connectivity index (χ3v) is 7.97. The number of nitriles is 1. The summed E-state index contributed by atoms with van der Waals surface area (Å²) in [5.41, 5.74) is 0.0553. The molecule has 43 heavy (non-hydrogen) atoms. The van der Waals surface area contributed by atoms with Gasteiger partial charge in [0.1, 0.15) is 16.9 Å². The first-order valence-corrected chi connectivity index (χ1v) is 14.8. The van der Waals surface area contributed by atoms with Gasteiger partial charge in [0.15, 0.2) is 0 Å². The Bertz CT molecular complexity index is 1400. The Morgan fingerprint density at radius 1 is 1.02 bits per heavy atom. The monoisotopic (exact) mass is 586 g/mol. The van der Waals surface area contributed by atoms with Gasteiger partial charge >= 0.3 is 6.09 Å². The van der Waals surface area contributed by atoms with Crippen LogP contribution in [0.25, 0.3) is 6.08 Å². The van der Waals surface area contributed by atoms with E-state index < -0.39 is 34.5 Å². The fraction of sp³-hybridized carbons (Fsp3) is 0.471. The lowest BCUT2D eigenvalue weighted by Gasteiger charge is -2.39. The number of nitrogens with one attached hydrogen (secondary N) is 2. The second-order valence-corrected chi connectivity index (χ2v) is 12.8. The molecule has 1 saturated heterocycles. The van der Waals surface area contributed by atoms with Gasteiger partial charge in [-0.15, -0.1) is 0 Å². The average Bonchev–Trinajstić information content (AvgIpc) is 3.18. The van der Waals surface area contributed by atoms with E-state index in [0.29, 0.717) is 39.0 Å². The van der Waals surface area contributed by atoms with E-state index in [9.17, 15) is 19.6 Å². The molecule has 0 bridgehead atoms. The zero-order valence-electron chi connectivity index (χ0n) is 25.7. The molecule has 0 aliphatic carbocycles. The van der Waals surface area contributed by atoms with Gasteiger partial charge in [-0.1, -0.05) is 60.2 Å². The molecule has 2 aromatic rings. The fourth-order valence-electron chi connectivity index (χ4n) is 5.52. The second-order valence-electron chi connectivity index (χ2n) is 12.8. The van der Waals surface area contributed by atoms with Crippen molar-refractivity contribution < 1.29 is 23.9 Å². The predicted octanol–water partition coefficient (Wildman–Crippen LogP) is 4.97. The van der Waals surface area contributed by atoms with E-state index in [1.54, 1.807) is 39.5 Å². The van der Waals surface area contributed by atoms with Crippen LogP contribution in [0.3, 0.4) is 0 Å². The van der Waals surface area contributed by atoms with Gasteiger partial charge in [0.05, 0.1) is 24.0 Å². The molecular formula is C34H42N4O5. The van der Waals surface area contributed by atoms with Crippen LogP contribution in [-0.2, 0) is 19.7 Å². The molecule has 9 heteroatoms. The van der Waals surface area contributed by atoms with Crippen molar-refractivity contribution in [2.75, 3.05) is 26.2 Å². The zero-order valence-corrected chi connectivity index (χ0v) is 25.7. The van der Waals surface area contributed by atoms with E-state index in [2.05, 4.69) is 16.7 Å². The first kappa shape index (κ1) is 31.6. The average molecular weight is 587 g/mol. The van der Waals surface area contributed by atoms with E-state index in [0.717, 1.165) is 22.4 Å². The highest BCUT2D eigenvalue weighted by molar-refractivity contribution is 5.90. The van der Waals surface area contributed by atoms with Crippen LogP contribution in [0.4, 0.5) is 4.79 Å². The largest absolute Gasteiger partial charge is 0.493 e. The van der Waals surface area contributed by atoms with Gasteiger partial charge < -0.3 is 25.0 Å². The molecule has 4 rings (SSSR count). The van der Waals surface area contributed by atoms with Crippen molar-refractivity contribution in [3.8, 4) is 11.8 Å². The molecule has 0 saturated carbocycles. The lowest BCUT2D eigenvalue weighted by Crippen LogP contribution is -2.57. The van der Waals surface area contributed by atoms with E-state index in [-0.39, 0.29) is 12.5 Å². The summed E-state index contributed by atoms with van der Waals surface area (Å²) in [5.74, 6) is -0.450. The van der Waals surface area contributed by atoms with Crippen LogP contribution in [0.15, 0.2) is 60.2 Å². The van der Waals surface area contributed by atoms with Crippen LogP contribution in [0.1, 0.15) is 65.0 Å². The molecule has 3 amide bonds. The number of ether oxygens (including phenoxy) is 2. The summed E-state index contributed by atoms with van der Waals surface area (Å²) in [5, 5.41) is 15.7. The van der Waals surface area contributed by atoms with Crippen LogP contribution >= 0.6 is 0 Å². The molecule has 1 fully saturated rings.